The van der Waals surface area contributed by atoms with Crippen molar-refractivity contribution in [2.75, 3.05) is 18.4 Å². The van der Waals surface area contributed by atoms with Gasteiger partial charge in [0.05, 0.1) is 11.3 Å². The molecule has 1 heterocycles. The number of nitrogens with one attached hydrogen (secondary N) is 2. The molecule has 0 aliphatic carbocycles. The number of anilines is 1. The third-order valence-corrected chi connectivity index (χ3v) is 3.08. The van der Waals surface area contributed by atoms with Gasteiger partial charge in [0, 0.05) is 6.04 Å². The molecule has 1 saturated heterocycles. The predicted molar refractivity (Wildman–Crippen MR) is 65.4 cm³/mol. The number of nitrogens with zero attached hydrogens (tertiary/aromatic N) is 1. The minimum absolute atomic E-state index is 0.495. The summed E-state index contributed by atoms with van der Waals surface area (Å²) in [6.45, 7) is 4.17. The maximum atomic E-state index is 9.07. The molecular formula is C13H17N3. The minimum Gasteiger partial charge on any atom is -0.381 e. The second kappa shape index (κ2) is 5.00. The Morgan fingerprint density at radius 1 is 1.38 bits per heavy atom. The van der Waals surface area contributed by atoms with E-state index in [1.165, 1.54) is 0 Å². The van der Waals surface area contributed by atoms with E-state index in [1.54, 1.807) is 0 Å². The first kappa shape index (κ1) is 11.0. The van der Waals surface area contributed by atoms with Gasteiger partial charge in [0.2, 0.25) is 0 Å². The smallest absolute Gasteiger partial charge is 0.101 e. The number of rotatable bonds is 2. The van der Waals surface area contributed by atoms with Gasteiger partial charge >= 0.3 is 0 Å². The van der Waals surface area contributed by atoms with Gasteiger partial charge in [0.25, 0.3) is 0 Å². The largest absolute Gasteiger partial charge is 0.381 e. The Balaban J connectivity index is 2.16. The molecule has 1 aliphatic rings. The van der Waals surface area contributed by atoms with Crippen LogP contribution in [0.3, 0.4) is 0 Å². The lowest BCUT2D eigenvalue weighted by Gasteiger charge is -2.26. The summed E-state index contributed by atoms with van der Waals surface area (Å²) in [5.41, 5.74) is 2.91. The molecule has 0 atom stereocenters. The summed E-state index contributed by atoms with van der Waals surface area (Å²) in [7, 11) is 0. The lowest BCUT2D eigenvalue weighted by atomic mass is 10.0. The SMILES string of the molecule is Cc1cccc(C#N)c1NC1CCNCC1. The standard InChI is InChI=1S/C13H17N3/c1-10-3-2-4-11(9-14)13(10)16-12-5-7-15-8-6-12/h2-4,12,15-16H,5-8H2,1H3. The van der Waals surface area contributed by atoms with Crippen LogP contribution in [-0.4, -0.2) is 19.1 Å². The zero-order valence-electron chi connectivity index (χ0n) is 9.59. The lowest BCUT2D eigenvalue weighted by molar-refractivity contribution is 0.479. The van der Waals surface area contributed by atoms with Crippen LogP contribution < -0.4 is 10.6 Å². The molecule has 1 fully saturated rings. The van der Waals surface area contributed by atoms with Gasteiger partial charge in [-0.15, -0.1) is 0 Å². The van der Waals surface area contributed by atoms with E-state index in [2.05, 4.69) is 16.7 Å². The van der Waals surface area contributed by atoms with E-state index < -0.39 is 0 Å². The molecule has 2 N–H and O–H groups in total. The molecule has 3 heteroatoms. The van der Waals surface area contributed by atoms with Crippen molar-refractivity contribution in [2.24, 2.45) is 0 Å². The average Bonchev–Trinajstić information content (AvgIpc) is 2.33. The van der Waals surface area contributed by atoms with Crippen molar-refractivity contribution >= 4 is 5.69 Å². The van der Waals surface area contributed by atoms with Crippen LogP contribution in [0, 0.1) is 18.3 Å². The van der Waals surface area contributed by atoms with E-state index in [0.29, 0.717) is 6.04 Å². The Labute approximate surface area is 96.5 Å². The summed E-state index contributed by atoms with van der Waals surface area (Å²) in [6.07, 6.45) is 2.25. The first-order chi connectivity index (χ1) is 7.81. The van der Waals surface area contributed by atoms with Crippen LogP contribution in [0.4, 0.5) is 5.69 Å². The summed E-state index contributed by atoms with van der Waals surface area (Å²) >= 11 is 0. The minimum atomic E-state index is 0.495. The maximum Gasteiger partial charge on any atom is 0.101 e. The Hall–Kier alpha value is -1.53. The second-order valence-electron chi connectivity index (χ2n) is 4.28. The van der Waals surface area contributed by atoms with E-state index >= 15 is 0 Å². The van der Waals surface area contributed by atoms with Crippen molar-refractivity contribution in [3.05, 3.63) is 29.3 Å². The molecule has 16 heavy (non-hydrogen) atoms. The number of benzene rings is 1. The lowest BCUT2D eigenvalue weighted by Crippen LogP contribution is -2.35. The number of hydrogen-bond acceptors (Lipinski definition) is 3. The van der Waals surface area contributed by atoms with E-state index in [-0.39, 0.29) is 0 Å². The van der Waals surface area contributed by atoms with Crippen molar-refractivity contribution in [3.8, 4) is 6.07 Å². The monoisotopic (exact) mass is 215 g/mol. The van der Waals surface area contributed by atoms with E-state index in [4.69, 9.17) is 5.26 Å². The molecule has 0 spiro atoms. The number of aryl methyl sites for hydroxylation is 1. The van der Waals surface area contributed by atoms with Crippen molar-refractivity contribution in [3.63, 3.8) is 0 Å². The fraction of sp³-hybridized carbons (Fsp3) is 0.462. The quantitative estimate of drug-likeness (QED) is 0.793. The van der Waals surface area contributed by atoms with Crippen molar-refractivity contribution in [2.45, 2.75) is 25.8 Å². The fourth-order valence-corrected chi connectivity index (χ4v) is 2.12. The molecule has 0 aromatic heterocycles. The molecule has 0 unspecified atom stereocenters. The number of nitriles is 1. The highest BCUT2D eigenvalue weighted by molar-refractivity contribution is 5.62. The van der Waals surface area contributed by atoms with Gasteiger partial charge in [-0.1, -0.05) is 12.1 Å². The van der Waals surface area contributed by atoms with Crippen LogP contribution in [0.1, 0.15) is 24.0 Å². The van der Waals surface area contributed by atoms with Crippen LogP contribution in [0.15, 0.2) is 18.2 Å². The van der Waals surface area contributed by atoms with Gasteiger partial charge < -0.3 is 10.6 Å². The topological polar surface area (TPSA) is 47.9 Å². The molecule has 0 saturated carbocycles. The summed E-state index contributed by atoms with van der Waals surface area (Å²) < 4.78 is 0. The van der Waals surface area contributed by atoms with E-state index in [9.17, 15) is 0 Å². The first-order valence-electron chi connectivity index (χ1n) is 5.78. The molecule has 0 radical (unpaired) electrons. The molecule has 2 rings (SSSR count). The van der Waals surface area contributed by atoms with Gasteiger partial charge in [-0.25, -0.2) is 0 Å². The second-order valence-corrected chi connectivity index (χ2v) is 4.28. The predicted octanol–water partition coefficient (Wildman–Crippen LogP) is 2.03. The first-order valence-corrected chi connectivity index (χ1v) is 5.78. The van der Waals surface area contributed by atoms with Crippen LogP contribution in [-0.2, 0) is 0 Å². The number of piperidine rings is 1. The van der Waals surface area contributed by atoms with Crippen molar-refractivity contribution in [1.82, 2.24) is 5.32 Å². The highest BCUT2D eigenvalue weighted by Gasteiger charge is 2.15. The summed E-state index contributed by atoms with van der Waals surface area (Å²) in [4.78, 5) is 0. The molecule has 0 amide bonds. The van der Waals surface area contributed by atoms with Gasteiger partial charge in [0.1, 0.15) is 6.07 Å². The van der Waals surface area contributed by atoms with Gasteiger partial charge in [0.15, 0.2) is 0 Å². The average molecular weight is 215 g/mol. The van der Waals surface area contributed by atoms with Crippen LogP contribution >= 0.6 is 0 Å². The molecule has 3 nitrogen and oxygen atoms in total. The highest BCUT2D eigenvalue weighted by Crippen LogP contribution is 2.22. The van der Waals surface area contributed by atoms with Crippen molar-refractivity contribution < 1.29 is 0 Å². The molecular weight excluding hydrogens is 198 g/mol. The number of para-hydroxylation sites is 1. The van der Waals surface area contributed by atoms with E-state index in [0.717, 1.165) is 42.7 Å². The zero-order valence-corrected chi connectivity index (χ0v) is 9.59. The summed E-state index contributed by atoms with van der Waals surface area (Å²) in [5, 5.41) is 15.9. The highest BCUT2D eigenvalue weighted by atomic mass is 15.0. The molecule has 1 aliphatic heterocycles. The fourth-order valence-electron chi connectivity index (χ4n) is 2.12. The van der Waals surface area contributed by atoms with Gasteiger partial charge in [-0.05, 0) is 44.5 Å². The van der Waals surface area contributed by atoms with E-state index in [1.807, 2.05) is 25.1 Å². The third-order valence-electron chi connectivity index (χ3n) is 3.08. The molecule has 0 bridgehead atoms. The Morgan fingerprint density at radius 2 is 2.12 bits per heavy atom. The number of hydrogen-bond donors (Lipinski definition) is 2. The molecule has 1 aromatic carbocycles. The van der Waals surface area contributed by atoms with Gasteiger partial charge in [-0.3, -0.25) is 0 Å². The normalized spacial score (nSPS) is 16.8. The Bertz CT molecular complexity index is 400. The molecule has 1 aromatic rings. The van der Waals surface area contributed by atoms with Crippen LogP contribution in [0.25, 0.3) is 0 Å². The van der Waals surface area contributed by atoms with Crippen LogP contribution in [0.5, 0.6) is 0 Å². The Kier molecular flexibility index (Phi) is 3.43. The summed E-state index contributed by atoms with van der Waals surface area (Å²) in [6, 6.07) is 8.59. The zero-order chi connectivity index (χ0) is 11.4. The Morgan fingerprint density at radius 3 is 2.81 bits per heavy atom. The maximum absolute atomic E-state index is 9.07. The summed E-state index contributed by atoms with van der Waals surface area (Å²) in [5.74, 6) is 0. The third kappa shape index (κ3) is 2.34. The van der Waals surface area contributed by atoms with Crippen molar-refractivity contribution in [1.29, 1.82) is 5.26 Å². The van der Waals surface area contributed by atoms with Gasteiger partial charge in [-0.2, -0.15) is 5.26 Å². The molecule has 84 valence electrons. The van der Waals surface area contributed by atoms with Crippen LogP contribution in [0.2, 0.25) is 0 Å².